The quantitative estimate of drug-likeness (QED) is 0.364. The predicted molar refractivity (Wildman–Crippen MR) is 79.0 cm³/mol. The van der Waals surface area contributed by atoms with Crippen LogP contribution in [-0.2, 0) is 23.2 Å². The molecule has 0 aromatic heterocycles. The number of nitrogens with one attached hydrogen (secondary N) is 1. The summed E-state index contributed by atoms with van der Waals surface area (Å²) in [7, 11) is -3.35. The van der Waals surface area contributed by atoms with Crippen molar-refractivity contribution < 1.29 is 28.3 Å². The molecule has 0 saturated carbocycles. The topological polar surface area (TPSA) is 102 Å². The fraction of sp³-hybridized carbons (Fsp3) is 0.692. The maximum Gasteiger partial charge on any atom is 0.352 e. The van der Waals surface area contributed by atoms with Crippen LogP contribution in [0.2, 0.25) is 0 Å². The molecule has 122 valence electrons. The molecule has 0 aliphatic rings. The first kappa shape index (κ1) is 19.8. The van der Waals surface area contributed by atoms with Crippen molar-refractivity contribution >= 4 is 20.0 Å². The molecule has 0 saturated heterocycles. The molecule has 2 N–H and O–H groups in total. The van der Waals surface area contributed by atoms with Gasteiger partial charge in [0.05, 0.1) is 18.4 Å². The highest BCUT2D eigenvalue weighted by atomic mass is 31.2. The van der Waals surface area contributed by atoms with Crippen LogP contribution in [0.4, 0.5) is 0 Å². The van der Waals surface area contributed by atoms with Crippen molar-refractivity contribution in [2.24, 2.45) is 5.92 Å². The van der Waals surface area contributed by atoms with E-state index in [0.29, 0.717) is 0 Å². The summed E-state index contributed by atoms with van der Waals surface area (Å²) in [6.07, 6.45) is 1.06. The molecule has 1 atom stereocenters. The molecular weight excluding hydrogens is 297 g/mol. The van der Waals surface area contributed by atoms with Gasteiger partial charge in [0, 0.05) is 0 Å². The van der Waals surface area contributed by atoms with E-state index < -0.39 is 19.5 Å². The summed E-state index contributed by atoms with van der Waals surface area (Å²) >= 11 is 0. The molecule has 1 amide bonds. The highest BCUT2D eigenvalue weighted by molar-refractivity contribution is 7.53. The Kier molecular flexibility index (Phi) is 8.47. The monoisotopic (exact) mass is 321 g/mol. The second-order valence-electron chi connectivity index (χ2n) is 5.23. The largest absolute Gasteiger partial charge is 0.477 e. The zero-order valence-corrected chi connectivity index (χ0v) is 13.9. The van der Waals surface area contributed by atoms with Gasteiger partial charge < -0.3 is 19.5 Å². The van der Waals surface area contributed by atoms with Crippen molar-refractivity contribution in [2.75, 3.05) is 6.16 Å². The fourth-order valence-corrected chi connectivity index (χ4v) is 4.01. The molecule has 0 spiro atoms. The lowest BCUT2D eigenvalue weighted by atomic mass is 10.2. The maximum atomic E-state index is 12.6. The molecule has 0 aliphatic heterocycles. The number of allylic oxidation sites excluding steroid dienone is 1. The van der Waals surface area contributed by atoms with Crippen molar-refractivity contribution in [3.63, 3.8) is 0 Å². The van der Waals surface area contributed by atoms with Gasteiger partial charge >= 0.3 is 13.6 Å². The summed E-state index contributed by atoms with van der Waals surface area (Å²) in [5.41, 5.74) is -0.266. The molecule has 1 unspecified atom stereocenters. The molecule has 0 aromatic carbocycles. The number of hydrogen-bond acceptors (Lipinski definition) is 5. The number of aliphatic carboxylic acids is 1. The normalized spacial score (nSPS) is 14.3. The Morgan fingerprint density at radius 3 is 2.00 bits per heavy atom. The molecular formula is C13H24NO6P. The highest BCUT2D eigenvalue weighted by Gasteiger charge is 2.29. The lowest BCUT2D eigenvalue weighted by Gasteiger charge is -2.24. The number of carbonyl (C=O) groups excluding carboxylic acids is 1. The van der Waals surface area contributed by atoms with E-state index in [1.807, 2.05) is 0 Å². The van der Waals surface area contributed by atoms with E-state index in [2.05, 4.69) is 5.32 Å². The Morgan fingerprint density at radius 1 is 1.19 bits per heavy atom. The van der Waals surface area contributed by atoms with Gasteiger partial charge in [-0.1, -0.05) is 6.92 Å². The average molecular weight is 321 g/mol. The van der Waals surface area contributed by atoms with Crippen LogP contribution in [0.1, 0.15) is 34.6 Å². The molecule has 8 heteroatoms. The van der Waals surface area contributed by atoms with Crippen LogP contribution in [0, 0.1) is 5.92 Å². The van der Waals surface area contributed by atoms with Crippen LogP contribution in [0.3, 0.4) is 0 Å². The van der Waals surface area contributed by atoms with Gasteiger partial charge in [-0.2, -0.15) is 0 Å². The minimum Gasteiger partial charge on any atom is -0.477 e. The van der Waals surface area contributed by atoms with Gasteiger partial charge in [0.15, 0.2) is 0 Å². The molecule has 21 heavy (non-hydrogen) atoms. The lowest BCUT2D eigenvalue weighted by molar-refractivity contribution is -0.133. The van der Waals surface area contributed by atoms with Gasteiger partial charge in [-0.25, -0.2) is 4.79 Å². The molecule has 0 aliphatic carbocycles. The summed E-state index contributed by atoms with van der Waals surface area (Å²) in [5, 5.41) is 11.0. The van der Waals surface area contributed by atoms with Gasteiger partial charge in [-0.05, 0) is 39.7 Å². The second-order valence-corrected chi connectivity index (χ2v) is 7.24. The van der Waals surface area contributed by atoms with E-state index in [0.717, 1.165) is 0 Å². The number of carboxylic acids is 1. The number of rotatable bonds is 10. The standard InChI is InChI=1S/C13H24NO6P/c1-9(2)19-21(18,20-10(3)4)7-11(5)6-12(13(16)17)14-8-15/h6,8-11H,7H2,1-5H3,(H,14,15)(H,16,17). The smallest absolute Gasteiger partial charge is 0.352 e. The van der Waals surface area contributed by atoms with Crippen LogP contribution >= 0.6 is 7.60 Å². The molecule has 7 nitrogen and oxygen atoms in total. The van der Waals surface area contributed by atoms with Crippen LogP contribution < -0.4 is 5.32 Å². The lowest BCUT2D eigenvalue weighted by Crippen LogP contribution is -2.20. The highest BCUT2D eigenvalue weighted by Crippen LogP contribution is 2.52. The predicted octanol–water partition coefficient (Wildman–Crippen LogP) is 2.38. The van der Waals surface area contributed by atoms with Crippen LogP contribution in [0.5, 0.6) is 0 Å². The average Bonchev–Trinajstić information content (AvgIpc) is 2.24. The first-order valence-corrected chi connectivity index (χ1v) is 8.43. The van der Waals surface area contributed by atoms with E-state index in [1.54, 1.807) is 34.6 Å². The zero-order valence-electron chi connectivity index (χ0n) is 13.0. The van der Waals surface area contributed by atoms with Gasteiger partial charge in [-0.15, -0.1) is 0 Å². The second kappa shape index (κ2) is 8.97. The third kappa shape index (κ3) is 8.65. The van der Waals surface area contributed by atoms with Gasteiger partial charge in [0.25, 0.3) is 0 Å². The maximum absolute atomic E-state index is 12.6. The van der Waals surface area contributed by atoms with E-state index in [-0.39, 0.29) is 30.5 Å². The van der Waals surface area contributed by atoms with Crippen molar-refractivity contribution in [1.29, 1.82) is 0 Å². The first-order chi connectivity index (χ1) is 9.59. The van der Waals surface area contributed by atoms with E-state index in [1.165, 1.54) is 6.08 Å². The zero-order chi connectivity index (χ0) is 16.6. The SMILES string of the molecule is CC(C=C(NC=O)C(=O)O)CP(=O)(OC(C)C)OC(C)C. The Labute approximate surface area is 125 Å². The Hall–Kier alpha value is -1.17. The van der Waals surface area contributed by atoms with Crippen molar-refractivity contribution in [1.82, 2.24) is 5.32 Å². The number of amides is 1. The van der Waals surface area contributed by atoms with Gasteiger partial charge in [-0.3, -0.25) is 9.36 Å². The molecule has 0 radical (unpaired) electrons. The summed E-state index contributed by atoms with van der Waals surface area (Å²) in [5.74, 6) is -1.68. The third-order valence-corrected chi connectivity index (χ3v) is 4.66. The molecule has 0 bridgehead atoms. The number of carbonyl (C=O) groups is 2. The van der Waals surface area contributed by atoms with E-state index in [4.69, 9.17) is 14.2 Å². The number of hydrogen-bond donors (Lipinski definition) is 2. The summed E-state index contributed by atoms with van der Waals surface area (Å²) in [6, 6.07) is 0. The molecule has 0 heterocycles. The van der Waals surface area contributed by atoms with Crippen LogP contribution in [0.25, 0.3) is 0 Å². The Balaban J connectivity index is 5.06. The van der Waals surface area contributed by atoms with Gasteiger partial charge in [0.2, 0.25) is 6.41 Å². The summed E-state index contributed by atoms with van der Waals surface area (Å²) < 4.78 is 23.4. The Morgan fingerprint density at radius 2 is 1.67 bits per heavy atom. The Bertz CT molecular complexity index is 418. The minimum absolute atomic E-state index is 0.0284. The summed E-state index contributed by atoms with van der Waals surface area (Å²) in [6.45, 7) is 8.65. The number of carboxylic acid groups (broad SMARTS) is 1. The fourth-order valence-electron chi connectivity index (χ4n) is 1.69. The minimum atomic E-state index is -3.35. The molecule has 0 aromatic rings. The molecule has 0 fully saturated rings. The van der Waals surface area contributed by atoms with E-state index in [9.17, 15) is 14.2 Å². The van der Waals surface area contributed by atoms with Crippen LogP contribution in [-0.4, -0.2) is 35.9 Å². The van der Waals surface area contributed by atoms with Crippen molar-refractivity contribution in [3.05, 3.63) is 11.8 Å². The first-order valence-electron chi connectivity index (χ1n) is 6.70. The summed E-state index contributed by atoms with van der Waals surface area (Å²) in [4.78, 5) is 21.3. The van der Waals surface area contributed by atoms with E-state index >= 15 is 0 Å². The third-order valence-electron chi connectivity index (χ3n) is 2.15. The molecule has 0 rings (SSSR count). The van der Waals surface area contributed by atoms with Crippen molar-refractivity contribution in [3.8, 4) is 0 Å². The van der Waals surface area contributed by atoms with Gasteiger partial charge in [0.1, 0.15) is 5.70 Å². The van der Waals surface area contributed by atoms with Crippen LogP contribution in [0.15, 0.2) is 11.8 Å². The van der Waals surface area contributed by atoms with Crippen molar-refractivity contribution in [2.45, 2.75) is 46.8 Å².